The van der Waals surface area contributed by atoms with Crippen LogP contribution in [0.4, 0.5) is 14.6 Å². The number of ether oxygens (including phenoxy) is 2. The molecule has 0 saturated carbocycles. The van der Waals surface area contributed by atoms with E-state index in [9.17, 15) is 18.4 Å². The minimum atomic E-state index is -1.01. The lowest BCUT2D eigenvalue weighted by molar-refractivity contribution is 0.0360. The summed E-state index contributed by atoms with van der Waals surface area (Å²) < 4.78 is 39.3. The fourth-order valence-electron chi connectivity index (χ4n) is 3.27. The van der Waals surface area contributed by atoms with Gasteiger partial charge in [-0.1, -0.05) is 13.0 Å². The van der Waals surface area contributed by atoms with Crippen LogP contribution in [0.5, 0.6) is 0 Å². The Morgan fingerprint density at radius 1 is 1.17 bits per heavy atom. The number of esters is 1. The van der Waals surface area contributed by atoms with Crippen LogP contribution in [0.2, 0.25) is 0 Å². The van der Waals surface area contributed by atoms with E-state index in [1.54, 1.807) is 0 Å². The SMILES string of the molecule is CCc1nn(CCN2CCOCC2)c(N)c1C(=O)OCC(=O)c1c(F)cccc1F. The number of morpholine rings is 1. The molecule has 1 saturated heterocycles. The van der Waals surface area contributed by atoms with Gasteiger partial charge < -0.3 is 15.2 Å². The van der Waals surface area contributed by atoms with Gasteiger partial charge in [-0.3, -0.25) is 9.69 Å². The Balaban J connectivity index is 1.67. The van der Waals surface area contributed by atoms with Crippen molar-refractivity contribution in [2.45, 2.75) is 19.9 Å². The third kappa shape index (κ3) is 4.82. The fraction of sp³-hybridized carbons (Fsp3) is 0.450. The van der Waals surface area contributed by atoms with E-state index in [1.807, 2.05) is 6.92 Å². The molecule has 1 aliphatic heterocycles. The van der Waals surface area contributed by atoms with Crippen LogP contribution in [-0.4, -0.2) is 65.9 Å². The van der Waals surface area contributed by atoms with E-state index < -0.39 is 35.6 Å². The number of Topliss-reactive ketones (excluding diaryl/α,β-unsaturated/α-hetero) is 1. The second-order valence-electron chi connectivity index (χ2n) is 6.83. The number of benzene rings is 1. The van der Waals surface area contributed by atoms with Gasteiger partial charge in [0.15, 0.2) is 6.61 Å². The summed E-state index contributed by atoms with van der Waals surface area (Å²) in [6, 6.07) is 3.07. The molecule has 3 rings (SSSR count). The van der Waals surface area contributed by atoms with Crippen LogP contribution < -0.4 is 5.73 Å². The molecule has 1 fully saturated rings. The molecule has 0 bridgehead atoms. The summed E-state index contributed by atoms with van der Waals surface area (Å²) in [5.74, 6) is -3.72. The van der Waals surface area contributed by atoms with Gasteiger partial charge >= 0.3 is 5.97 Å². The van der Waals surface area contributed by atoms with Crippen molar-refractivity contribution >= 4 is 17.6 Å². The summed E-state index contributed by atoms with van der Waals surface area (Å²) in [5.41, 5.74) is 5.88. The van der Waals surface area contributed by atoms with Crippen molar-refractivity contribution in [2.24, 2.45) is 0 Å². The number of aryl methyl sites for hydroxylation is 1. The molecular formula is C20H24F2N4O4. The number of rotatable bonds is 8. The molecule has 2 aromatic rings. The number of aromatic nitrogens is 2. The summed E-state index contributed by atoms with van der Waals surface area (Å²) in [5, 5.41) is 4.38. The number of anilines is 1. The maximum Gasteiger partial charge on any atom is 0.344 e. The van der Waals surface area contributed by atoms with E-state index in [0.29, 0.717) is 38.4 Å². The largest absolute Gasteiger partial charge is 0.454 e. The van der Waals surface area contributed by atoms with Gasteiger partial charge in [-0.2, -0.15) is 5.10 Å². The first-order chi connectivity index (χ1) is 14.4. The molecule has 0 aliphatic carbocycles. The molecule has 10 heteroatoms. The highest BCUT2D eigenvalue weighted by molar-refractivity contribution is 6.01. The molecule has 162 valence electrons. The lowest BCUT2D eigenvalue weighted by atomic mass is 10.1. The summed E-state index contributed by atoms with van der Waals surface area (Å²) in [4.78, 5) is 26.9. The Labute approximate surface area is 172 Å². The normalized spacial score (nSPS) is 14.6. The molecule has 30 heavy (non-hydrogen) atoms. The average molecular weight is 422 g/mol. The quantitative estimate of drug-likeness (QED) is 0.510. The number of hydrogen-bond donors (Lipinski definition) is 1. The third-order valence-electron chi connectivity index (χ3n) is 4.91. The summed E-state index contributed by atoms with van der Waals surface area (Å²) >= 11 is 0. The minimum absolute atomic E-state index is 0.0706. The second kappa shape index (κ2) is 9.77. The van der Waals surface area contributed by atoms with Crippen molar-refractivity contribution in [3.05, 3.63) is 46.7 Å². The molecule has 2 heterocycles. The van der Waals surface area contributed by atoms with E-state index in [2.05, 4.69) is 10.00 Å². The predicted molar refractivity (Wildman–Crippen MR) is 104 cm³/mol. The minimum Gasteiger partial charge on any atom is -0.454 e. The van der Waals surface area contributed by atoms with Crippen LogP contribution in [0.25, 0.3) is 0 Å². The van der Waals surface area contributed by atoms with Crippen LogP contribution in [0, 0.1) is 11.6 Å². The maximum atomic E-state index is 13.7. The molecule has 0 amide bonds. The highest BCUT2D eigenvalue weighted by atomic mass is 19.1. The van der Waals surface area contributed by atoms with Gasteiger partial charge in [0.1, 0.15) is 23.0 Å². The number of carbonyl (C=O) groups excluding carboxylic acids is 2. The monoisotopic (exact) mass is 422 g/mol. The zero-order chi connectivity index (χ0) is 21.7. The zero-order valence-electron chi connectivity index (χ0n) is 16.7. The third-order valence-corrected chi connectivity index (χ3v) is 4.91. The molecule has 0 unspecified atom stereocenters. The van der Waals surface area contributed by atoms with Crippen molar-refractivity contribution in [1.82, 2.24) is 14.7 Å². The molecule has 0 atom stereocenters. The van der Waals surface area contributed by atoms with E-state index in [-0.39, 0.29) is 11.4 Å². The van der Waals surface area contributed by atoms with E-state index >= 15 is 0 Å². The second-order valence-corrected chi connectivity index (χ2v) is 6.83. The summed E-state index contributed by atoms with van der Waals surface area (Å²) in [6.07, 6.45) is 0.426. The van der Waals surface area contributed by atoms with Gasteiger partial charge in [-0.15, -0.1) is 0 Å². The standard InChI is InChI=1S/C20H24F2N4O4/c1-2-15-18(19(23)26(24-15)7-6-25-8-10-29-11-9-25)20(28)30-12-16(27)17-13(21)4-3-5-14(17)22/h3-5H,2,6-12,23H2,1H3. The Hall–Kier alpha value is -2.85. The van der Waals surface area contributed by atoms with E-state index in [1.165, 1.54) is 4.68 Å². The highest BCUT2D eigenvalue weighted by Crippen LogP contribution is 2.20. The molecule has 0 radical (unpaired) electrons. The first kappa shape index (κ1) is 21.8. The molecule has 2 N–H and O–H groups in total. The van der Waals surface area contributed by atoms with Gasteiger partial charge in [-0.25, -0.2) is 18.3 Å². The van der Waals surface area contributed by atoms with Crippen LogP contribution >= 0.6 is 0 Å². The number of nitrogens with zero attached hydrogens (tertiary/aromatic N) is 3. The Morgan fingerprint density at radius 3 is 2.47 bits per heavy atom. The molecule has 1 aromatic carbocycles. The van der Waals surface area contributed by atoms with Crippen molar-refractivity contribution in [3.8, 4) is 0 Å². The van der Waals surface area contributed by atoms with Crippen molar-refractivity contribution in [2.75, 3.05) is 45.2 Å². The Bertz CT molecular complexity index is 906. The van der Waals surface area contributed by atoms with Crippen LogP contribution in [0.15, 0.2) is 18.2 Å². The summed E-state index contributed by atoms with van der Waals surface area (Å²) in [7, 11) is 0. The molecule has 0 spiro atoms. The van der Waals surface area contributed by atoms with Gasteiger partial charge in [0, 0.05) is 19.6 Å². The molecule has 8 nitrogen and oxygen atoms in total. The van der Waals surface area contributed by atoms with Crippen molar-refractivity contribution in [3.63, 3.8) is 0 Å². The van der Waals surface area contributed by atoms with Crippen LogP contribution in [0.1, 0.15) is 33.3 Å². The van der Waals surface area contributed by atoms with Gasteiger partial charge in [0.05, 0.1) is 31.0 Å². The Morgan fingerprint density at radius 2 is 1.83 bits per heavy atom. The van der Waals surface area contributed by atoms with Crippen LogP contribution in [0.3, 0.4) is 0 Å². The Kier molecular flexibility index (Phi) is 7.11. The molecule has 1 aliphatic rings. The van der Waals surface area contributed by atoms with Crippen molar-refractivity contribution < 1.29 is 27.8 Å². The maximum absolute atomic E-state index is 13.7. The number of nitrogen functional groups attached to an aromatic ring is 1. The van der Waals surface area contributed by atoms with E-state index in [4.69, 9.17) is 15.2 Å². The average Bonchev–Trinajstić information content (AvgIpc) is 3.06. The van der Waals surface area contributed by atoms with E-state index in [0.717, 1.165) is 31.3 Å². The lowest BCUT2D eigenvalue weighted by Crippen LogP contribution is -2.38. The number of halogens is 2. The zero-order valence-corrected chi connectivity index (χ0v) is 16.7. The number of ketones is 1. The lowest BCUT2D eigenvalue weighted by Gasteiger charge is -2.26. The van der Waals surface area contributed by atoms with Gasteiger partial charge in [-0.05, 0) is 18.6 Å². The smallest absolute Gasteiger partial charge is 0.344 e. The molecular weight excluding hydrogens is 398 g/mol. The first-order valence-electron chi connectivity index (χ1n) is 9.72. The number of hydrogen-bond acceptors (Lipinski definition) is 7. The van der Waals surface area contributed by atoms with Gasteiger partial charge in [0.25, 0.3) is 0 Å². The fourth-order valence-corrected chi connectivity index (χ4v) is 3.27. The topological polar surface area (TPSA) is 99.7 Å². The highest BCUT2D eigenvalue weighted by Gasteiger charge is 2.25. The van der Waals surface area contributed by atoms with Crippen LogP contribution in [-0.2, 0) is 22.4 Å². The summed E-state index contributed by atoms with van der Waals surface area (Å²) in [6.45, 7) is 5.13. The first-order valence-corrected chi connectivity index (χ1v) is 9.72. The van der Waals surface area contributed by atoms with Crippen molar-refractivity contribution in [1.29, 1.82) is 0 Å². The van der Waals surface area contributed by atoms with Gasteiger partial charge in [0.2, 0.25) is 5.78 Å². The molecule has 1 aromatic heterocycles. The predicted octanol–water partition coefficient (Wildman–Crippen LogP) is 1.68. The number of nitrogens with two attached hydrogens (primary N) is 1. The number of carbonyl (C=O) groups is 2.